The molecule has 0 unspecified atom stereocenters. The molecule has 4 heterocycles. The van der Waals surface area contributed by atoms with Crippen LogP contribution in [0.2, 0.25) is 0 Å². The Bertz CT molecular complexity index is 1000. The molecule has 1 aliphatic rings. The van der Waals surface area contributed by atoms with Crippen molar-refractivity contribution in [3.63, 3.8) is 0 Å². The Morgan fingerprint density at radius 2 is 2.04 bits per heavy atom. The fourth-order valence-corrected chi connectivity index (χ4v) is 4.84. The minimum absolute atomic E-state index is 0.220. The van der Waals surface area contributed by atoms with Crippen molar-refractivity contribution >= 4 is 33.5 Å². The van der Waals surface area contributed by atoms with Gasteiger partial charge in [-0.25, -0.2) is 9.97 Å². The van der Waals surface area contributed by atoms with Gasteiger partial charge in [0.1, 0.15) is 0 Å². The summed E-state index contributed by atoms with van der Waals surface area (Å²) in [4.78, 5) is 24.2. The van der Waals surface area contributed by atoms with E-state index in [0.717, 1.165) is 25.3 Å². The Kier molecular flexibility index (Phi) is 5.16. The van der Waals surface area contributed by atoms with Crippen LogP contribution in [-0.4, -0.2) is 39.0 Å². The van der Waals surface area contributed by atoms with Crippen LogP contribution < -0.4 is 5.32 Å². The minimum atomic E-state index is -0.220. The fraction of sp³-hybridized carbons (Fsp3) is 0.500. The number of carbonyl (C=O) groups is 1. The summed E-state index contributed by atoms with van der Waals surface area (Å²) in [5, 5.41) is 10.1. The fourth-order valence-electron chi connectivity index (χ4n) is 4.15. The number of aryl methyl sites for hydroxylation is 2. The van der Waals surface area contributed by atoms with Crippen molar-refractivity contribution in [1.29, 1.82) is 0 Å². The van der Waals surface area contributed by atoms with E-state index < -0.39 is 0 Å². The van der Waals surface area contributed by atoms with E-state index >= 15 is 0 Å². The lowest BCUT2D eigenvalue weighted by Gasteiger charge is -2.34. The predicted octanol–water partition coefficient (Wildman–Crippen LogP) is 4.03. The summed E-state index contributed by atoms with van der Waals surface area (Å²) < 4.78 is 5.22. The molecule has 1 amide bonds. The average Bonchev–Trinajstić information content (AvgIpc) is 3.20. The SMILES string of the molecule is Cc1cc(C(=O)Nc2nc(CN3C[C@@H](C)C[C@H](C)C3)cs2)c2c(C)noc2n1. The molecule has 0 radical (unpaired) electrons. The first-order chi connectivity index (χ1) is 13.4. The number of pyridine rings is 1. The average molecular weight is 400 g/mol. The first kappa shape index (κ1) is 19.0. The third kappa shape index (κ3) is 3.93. The maximum Gasteiger partial charge on any atom is 0.258 e. The number of amides is 1. The number of hydrogen-bond donors (Lipinski definition) is 1. The smallest absolute Gasteiger partial charge is 0.258 e. The molecule has 0 aromatic carbocycles. The number of aromatic nitrogens is 3. The van der Waals surface area contributed by atoms with Crippen LogP contribution in [0.25, 0.3) is 11.1 Å². The molecule has 2 atom stereocenters. The number of nitrogens with one attached hydrogen (secondary N) is 1. The van der Waals surface area contributed by atoms with Crippen LogP contribution in [0.1, 0.15) is 47.7 Å². The van der Waals surface area contributed by atoms with Crippen molar-refractivity contribution in [2.24, 2.45) is 11.8 Å². The van der Waals surface area contributed by atoms with Gasteiger partial charge >= 0.3 is 0 Å². The Labute approximate surface area is 168 Å². The first-order valence-electron chi connectivity index (χ1n) is 9.60. The van der Waals surface area contributed by atoms with Gasteiger partial charge in [-0.3, -0.25) is 15.0 Å². The summed E-state index contributed by atoms with van der Waals surface area (Å²) in [6.07, 6.45) is 1.29. The lowest BCUT2D eigenvalue weighted by Crippen LogP contribution is -2.38. The van der Waals surface area contributed by atoms with Gasteiger partial charge in [0.05, 0.1) is 22.3 Å². The third-order valence-corrected chi connectivity index (χ3v) is 5.90. The highest BCUT2D eigenvalue weighted by Gasteiger charge is 2.23. The van der Waals surface area contributed by atoms with Crippen molar-refractivity contribution in [1.82, 2.24) is 20.0 Å². The lowest BCUT2D eigenvalue weighted by atomic mass is 9.92. The van der Waals surface area contributed by atoms with Gasteiger partial charge in [-0.1, -0.05) is 19.0 Å². The van der Waals surface area contributed by atoms with Gasteiger partial charge in [-0.15, -0.1) is 11.3 Å². The number of fused-ring (bicyclic) bond motifs is 1. The number of anilines is 1. The molecule has 3 aromatic heterocycles. The van der Waals surface area contributed by atoms with E-state index in [4.69, 9.17) is 4.52 Å². The van der Waals surface area contributed by atoms with Crippen molar-refractivity contribution in [2.45, 2.75) is 40.7 Å². The van der Waals surface area contributed by atoms with Crippen LogP contribution in [0.4, 0.5) is 5.13 Å². The highest BCUT2D eigenvalue weighted by atomic mass is 32.1. The van der Waals surface area contributed by atoms with Crippen molar-refractivity contribution in [3.8, 4) is 0 Å². The summed E-state index contributed by atoms with van der Waals surface area (Å²) >= 11 is 1.45. The number of rotatable bonds is 4. The highest BCUT2D eigenvalue weighted by molar-refractivity contribution is 7.14. The number of piperidine rings is 1. The molecule has 0 spiro atoms. The van der Waals surface area contributed by atoms with E-state index in [1.807, 2.05) is 19.2 Å². The van der Waals surface area contributed by atoms with Crippen molar-refractivity contribution < 1.29 is 9.32 Å². The molecule has 1 aliphatic heterocycles. The van der Waals surface area contributed by atoms with E-state index in [1.54, 1.807) is 6.07 Å². The molecular weight excluding hydrogens is 374 g/mol. The van der Waals surface area contributed by atoms with Gasteiger partial charge in [-0.2, -0.15) is 0 Å². The normalized spacial score (nSPS) is 20.6. The topological polar surface area (TPSA) is 84.2 Å². The number of likely N-dealkylation sites (tertiary alicyclic amines) is 1. The maximum atomic E-state index is 12.9. The van der Waals surface area contributed by atoms with Crippen LogP contribution in [0.3, 0.4) is 0 Å². The summed E-state index contributed by atoms with van der Waals surface area (Å²) in [5.41, 5.74) is 3.26. The number of carbonyl (C=O) groups excluding carboxylic acids is 1. The molecule has 1 N–H and O–H groups in total. The summed E-state index contributed by atoms with van der Waals surface area (Å²) in [6.45, 7) is 11.3. The van der Waals surface area contributed by atoms with Gasteiger partial charge in [-0.05, 0) is 38.2 Å². The molecule has 0 bridgehead atoms. The van der Waals surface area contributed by atoms with E-state index in [2.05, 4.69) is 39.2 Å². The molecule has 0 saturated carbocycles. The third-order valence-electron chi connectivity index (χ3n) is 5.09. The molecule has 1 fully saturated rings. The van der Waals surface area contributed by atoms with Gasteiger partial charge < -0.3 is 4.52 Å². The summed E-state index contributed by atoms with van der Waals surface area (Å²) in [6, 6.07) is 1.76. The maximum absolute atomic E-state index is 12.9. The van der Waals surface area contributed by atoms with Crippen LogP contribution in [0, 0.1) is 25.7 Å². The Hall–Kier alpha value is -2.32. The lowest BCUT2D eigenvalue weighted by molar-refractivity contribution is 0.102. The second-order valence-electron chi connectivity index (χ2n) is 8.00. The van der Waals surface area contributed by atoms with E-state index in [9.17, 15) is 4.79 Å². The first-order valence-corrected chi connectivity index (χ1v) is 10.5. The van der Waals surface area contributed by atoms with Crippen LogP contribution in [-0.2, 0) is 6.54 Å². The van der Waals surface area contributed by atoms with Gasteiger partial charge in [0.15, 0.2) is 5.13 Å². The zero-order chi connectivity index (χ0) is 19.8. The Morgan fingerprint density at radius 3 is 2.79 bits per heavy atom. The Balaban J connectivity index is 1.48. The standard InChI is InChI=1S/C20H25N5O2S/c1-11-5-12(2)8-25(7-11)9-15-10-28-20(22-15)23-18(26)16-6-13(3)21-19-17(16)14(4)24-27-19/h6,10-12H,5,7-9H2,1-4H3,(H,22,23,26)/t11-,12-/m0/s1. The second kappa shape index (κ2) is 7.60. The second-order valence-corrected chi connectivity index (χ2v) is 8.86. The quantitative estimate of drug-likeness (QED) is 0.713. The zero-order valence-corrected chi connectivity index (χ0v) is 17.5. The van der Waals surface area contributed by atoms with Crippen LogP contribution in [0.5, 0.6) is 0 Å². The van der Waals surface area contributed by atoms with Gasteiger partial charge in [0.2, 0.25) is 0 Å². The molecule has 3 aromatic rings. The van der Waals surface area contributed by atoms with E-state index in [0.29, 0.717) is 45.0 Å². The molecular formula is C20H25N5O2S. The molecule has 0 aliphatic carbocycles. The van der Waals surface area contributed by atoms with Gasteiger partial charge in [0, 0.05) is 30.7 Å². The van der Waals surface area contributed by atoms with Crippen LogP contribution in [0.15, 0.2) is 16.0 Å². The summed E-state index contributed by atoms with van der Waals surface area (Å²) in [5.74, 6) is 1.21. The molecule has 148 valence electrons. The number of thiazole rings is 1. The minimum Gasteiger partial charge on any atom is -0.336 e. The molecule has 1 saturated heterocycles. The number of nitrogens with zero attached hydrogens (tertiary/aromatic N) is 4. The largest absolute Gasteiger partial charge is 0.336 e. The molecule has 7 nitrogen and oxygen atoms in total. The Morgan fingerprint density at radius 1 is 1.29 bits per heavy atom. The van der Waals surface area contributed by atoms with E-state index in [1.165, 1.54) is 17.8 Å². The van der Waals surface area contributed by atoms with Crippen molar-refractivity contribution in [2.75, 3.05) is 18.4 Å². The molecule has 4 rings (SSSR count). The van der Waals surface area contributed by atoms with Crippen molar-refractivity contribution in [3.05, 3.63) is 34.1 Å². The zero-order valence-electron chi connectivity index (χ0n) is 16.7. The molecule has 8 heteroatoms. The summed E-state index contributed by atoms with van der Waals surface area (Å²) in [7, 11) is 0. The van der Waals surface area contributed by atoms with Gasteiger partial charge in [0.25, 0.3) is 11.6 Å². The van der Waals surface area contributed by atoms with E-state index in [-0.39, 0.29) is 5.91 Å². The number of hydrogen-bond acceptors (Lipinski definition) is 7. The highest BCUT2D eigenvalue weighted by Crippen LogP contribution is 2.26. The predicted molar refractivity (Wildman–Crippen MR) is 110 cm³/mol. The monoisotopic (exact) mass is 399 g/mol. The van der Waals surface area contributed by atoms with Crippen LogP contribution >= 0.6 is 11.3 Å². The molecule has 28 heavy (non-hydrogen) atoms.